The average molecular weight is 439 g/mol. The highest BCUT2D eigenvalue weighted by molar-refractivity contribution is 5.94. The molecule has 2 amide bonds. The topological polar surface area (TPSA) is 49.9 Å². The van der Waals surface area contributed by atoms with Crippen molar-refractivity contribution >= 4 is 11.8 Å². The van der Waals surface area contributed by atoms with E-state index in [4.69, 9.17) is 4.74 Å². The molecule has 2 fully saturated rings. The van der Waals surface area contributed by atoms with Crippen LogP contribution in [0, 0.1) is 11.7 Å². The first kappa shape index (κ1) is 22.3. The van der Waals surface area contributed by atoms with E-state index < -0.39 is 0 Å². The van der Waals surface area contributed by atoms with Crippen molar-refractivity contribution in [3.8, 4) is 5.75 Å². The number of methoxy groups -OCH3 is 1. The van der Waals surface area contributed by atoms with Crippen LogP contribution in [-0.4, -0.2) is 48.4 Å². The van der Waals surface area contributed by atoms with E-state index in [-0.39, 0.29) is 29.6 Å². The number of benzene rings is 2. The Balaban J connectivity index is 1.50. The number of rotatable bonds is 4. The van der Waals surface area contributed by atoms with Gasteiger partial charge in [0.15, 0.2) is 0 Å². The fraction of sp³-hybridized carbons (Fsp3) is 0.462. The number of likely N-dealkylation sites (tertiary alicyclic amines) is 2. The van der Waals surface area contributed by atoms with Crippen LogP contribution in [0.1, 0.15) is 60.5 Å². The van der Waals surface area contributed by atoms with Crippen molar-refractivity contribution in [2.24, 2.45) is 5.92 Å². The van der Waals surface area contributed by atoms with Crippen molar-refractivity contribution in [3.63, 3.8) is 0 Å². The normalized spacial score (nSPS) is 21.7. The van der Waals surface area contributed by atoms with Gasteiger partial charge in [-0.2, -0.15) is 0 Å². The molecule has 0 saturated carbocycles. The molecule has 0 unspecified atom stereocenters. The molecule has 2 heterocycles. The third-order valence-corrected chi connectivity index (χ3v) is 6.69. The Morgan fingerprint density at radius 2 is 1.66 bits per heavy atom. The monoisotopic (exact) mass is 438 g/mol. The molecule has 0 bridgehead atoms. The molecule has 2 aromatic carbocycles. The number of carbonyl (C=O) groups excluding carboxylic acids is 2. The standard InChI is InChI=1S/C26H31FN2O3/c1-32-23-14-10-19(11-15-23)24-7-3-2-4-17-29(24)26(31)21-6-5-16-28(18-21)25(30)20-8-12-22(27)13-9-20/h8-15,21,24H,2-7,16-18H2,1H3/t21-,24-/m0/s1. The number of piperidine rings is 1. The number of amides is 2. The Morgan fingerprint density at radius 3 is 2.38 bits per heavy atom. The zero-order chi connectivity index (χ0) is 22.5. The van der Waals surface area contributed by atoms with E-state index in [0.717, 1.165) is 56.4 Å². The lowest BCUT2D eigenvalue weighted by Gasteiger charge is -2.38. The van der Waals surface area contributed by atoms with Gasteiger partial charge in [0.25, 0.3) is 5.91 Å². The fourth-order valence-electron chi connectivity index (χ4n) is 4.92. The molecule has 0 aliphatic carbocycles. The fourth-order valence-corrected chi connectivity index (χ4v) is 4.92. The number of hydrogen-bond acceptors (Lipinski definition) is 3. The molecule has 4 rings (SSSR count). The molecule has 32 heavy (non-hydrogen) atoms. The van der Waals surface area contributed by atoms with Crippen LogP contribution in [0.2, 0.25) is 0 Å². The number of halogens is 1. The first-order valence-electron chi connectivity index (χ1n) is 11.6. The molecular weight excluding hydrogens is 407 g/mol. The van der Waals surface area contributed by atoms with Crippen molar-refractivity contribution in [1.82, 2.24) is 9.80 Å². The van der Waals surface area contributed by atoms with E-state index in [1.54, 1.807) is 12.0 Å². The van der Waals surface area contributed by atoms with E-state index in [1.165, 1.54) is 24.3 Å². The minimum absolute atomic E-state index is 0.0547. The molecule has 0 N–H and O–H groups in total. The summed E-state index contributed by atoms with van der Waals surface area (Å²) >= 11 is 0. The highest BCUT2D eigenvalue weighted by Crippen LogP contribution is 2.33. The minimum atomic E-state index is -0.362. The van der Waals surface area contributed by atoms with Gasteiger partial charge >= 0.3 is 0 Å². The number of nitrogens with zero attached hydrogens (tertiary/aromatic N) is 2. The molecule has 0 spiro atoms. The third-order valence-electron chi connectivity index (χ3n) is 6.69. The largest absolute Gasteiger partial charge is 0.497 e. The van der Waals surface area contributed by atoms with Crippen molar-refractivity contribution in [3.05, 3.63) is 65.5 Å². The van der Waals surface area contributed by atoms with E-state index in [9.17, 15) is 14.0 Å². The smallest absolute Gasteiger partial charge is 0.253 e. The molecule has 2 aliphatic heterocycles. The van der Waals surface area contributed by atoms with Crippen molar-refractivity contribution in [2.45, 2.75) is 44.6 Å². The maximum absolute atomic E-state index is 13.7. The summed E-state index contributed by atoms with van der Waals surface area (Å²) in [6.45, 7) is 1.79. The number of hydrogen-bond donors (Lipinski definition) is 0. The molecule has 0 aromatic heterocycles. The average Bonchev–Trinajstić information content (AvgIpc) is 3.10. The summed E-state index contributed by atoms with van der Waals surface area (Å²) in [6.07, 6.45) is 5.76. The molecule has 2 saturated heterocycles. The second-order valence-corrected chi connectivity index (χ2v) is 8.77. The lowest BCUT2D eigenvalue weighted by atomic mass is 9.93. The SMILES string of the molecule is COc1ccc([C@@H]2CCCCCN2C(=O)[C@H]2CCCN(C(=O)c3ccc(F)cc3)C2)cc1. The molecule has 6 heteroatoms. The highest BCUT2D eigenvalue weighted by atomic mass is 19.1. The van der Waals surface area contributed by atoms with Crippen LogP contribution in [0.5, 0.6) is 5.75 Å². The summed E-state index contributed by atoms with van der Waals surface area (Å²) in [4.78, 5) is 30.4. The first-order valence-corrected chi connectivity index (χ1v) is 11.6. The van der Waals surface area contributed by atoms with Gasteiger partial charge in [-0.1, -0.05) is 25.0 Å². The highest BCUT2D eigenvalue weighted by Gasteiger charge is 2.35. The zero-order valence-electron chi connectivity index (χ0n) is 18.6. The Hall–Kier alpha value is -2.89. The summed E-state index contributed by atoms with van der Waals surface area (Å²) < 4.78 is 18.5. The maximum atomic E-state index is 13.7. The molecule has 2 atom stereocenters. The predicted octanol–water partition coefficient (Wildman–Crippen LogP) is 4.83. The molecule has 5 nitrogen and oxygen atoms in total. The van der Waals surface area contributed by atoms with Crippen LogP contribution < -0.4 is 4.74 Å². The van der Waals surface area contributed by atoms with Crippen molar-refractivity contribution in [1.29, 1.82) is 0 Å². The molecule has 0 radical (unpaired) electrons. The minimum Gasteiger partial charge on any atom is -0.497 e. The zero-order valence-corrected chi connectivity index (χ0v) is 18.6. The van der Waals surface area contributed by atoms with Crippen LogP contribution >= 0.6 is 0 Å². The predicted molar refractivity (Wildman–Crippen MR) is 121 cm³/mol. The van der Waals surface area contributed by atoms with E-state index in [1.807, 2.05) is 17.0 Å². The van der Waals surface area contributed by atoms with Gasteiger partial charge in [-0.25, -0.2) is 4.39 Å². The third kappa shape index (κ3) is 4.95. The second-order valence-electron chi connectivity index (χ2n) is 8.77. The van der Waals surface area contributed by atoms with E-state index in [0.29, 0.717) is 18.7 Å². The van der Waals surface area contributed by atoms with Crippen molar-refractivity contribution in [2.75, 3.05) is 26.7 Å². The van der Waals surface area contributed by atoms with Gasteiger partial charge in [0.2, 0.25) is 5.91 Å². The summed E-state index contributed by atoms with van der Waals surface area (Å²) in [7, 11) is 1.65. The summed E-state index contributed by atoms with van der Waals surface area (Å²) in [5.41, 5.74) is 1.60. The van der Waals surface area contributed by atoms with E-state index >= 15 is 0 Å². The van der Waals surface area contributed by atoms with Gasteiger partial charge in [-0.05, 0) is 67.6 Å². The lowest BCUT2D eigenvalue weighted by Crippen LogP contribution is -2.47. The number of ether oxygens (including phenoxy) is 1. The second kappa shape index (κ2) is 10.2. The summed E-state index contributed by atoms with van der Waals surface area (Å²) in [5.74, 6) is 0.253. The van der Waals surface area contributed by atoms with Gasteiger partial charge in [0.05, 0.1) is 19.1 Å². The Kier molecular flexibility index (Phi) is 7.08. The molecule has 2 aromatic rings. The molecule has 170 valence electrons. The number of carbonyl (C=O) groups is 2. The van der Waals surface area contributed by atoms with E-state index in [2.05, 4.69) is 12.1 Å². The van der Waals surface area contributed by atoms with Gasteiger partial charge in [-0.15, -0.1) is 0 Å². The van der Waals surface area contributed by atoms with Gasteiger partial charge in [0, 0.05) is 25.2 Å². The lowest BCUT2D eigenvalue weighted by molar-refractivity contribution is -0.139. The Morgan fingerprint density at radius 1 is 0.906 bits per heavy atom. The van der Waals surface area contributed by atoms with Crippen LogP contribution in [0.3, 0.4) is 0 Å². The van der Waals surface area contributed by atoms with Crippen molar-refractivity contribution < 1.29 is 18.7 Å². The summed E-state index contributed by atoms with van der Waals surface area (Å²) in [6, 6.07) is 13.7. The van der Waals surface area contributed by atoms with Gasteiger partial charge in [0.1, 0.15) is 11.6 Å². The quantitative estimate of drug-likeness (QED) is 0.687. The van der Waals surface area contributed by atoms with Gasteiger partial charge in [-0.3, -0.25) is 9.59 Å². The van der Waals surface area contributed by atoms with Gasteiger partial charge < -0.3 is 14.5 Å². The van der Waals surface area contributed by atoms with Crippen LogP contribution in [0.15, 0.2) is 48.5 Å². The summed E-state index contributed by atoms with van der Waals surface area (Å²) in [5, 5.41) is 0. The first-order chi connectivity index (χ1) is 15.6. The van der Waals surface area contributed by atoms with Crippen LogP contribution in [0.4, 0.5) is 4.39 Å². The molecular formula is C26H31FN2O3. The maximum Gasteiger partial charge on any atom is 0.253 e. The Bertz CT molecular complexity index is 929. The molecule has 2 aliphatic rings. The van der Waals surface area contributed by atoms with Crippen LogP contribution in [-0.2, 0) is 4.79 Å². The van der Waals surface area contributed by atoms with Crippen LogP contribution in [0.25, 0.3) is 0 Å². The Labute approximate surface area is 189 Å².